The Morgan fingerprint density at radius 2 is 1.33 bits per heavy atom. The van der Waals surface area contributed by atoms with Crippen molar-refractivity contribution in [2.24, 2.45) is 0 Å². The van der Waals surface area contributed by atoms with E-state index in [0.29, 0.717) is 13.1 Å². The first-order valence-electron chi connectivity index (χ1n) is 6.89. The average Bonchev–Trinajstić information content (AvgIpc) is 2.55. The molecule has 0 saturated carbocycles. The number of hydrogen-bond donors (Lipinski definition) is 2. The molecule has 24 heavy (non-hydrogen) atoms. The monoisotopic (exact) mass is 410 g/mol. The fraction of sp³-hybridized carbons (Fsp3) is 1.00. The van der Waals surface area contributed by atoms with Crippen LogP contribution in [0.25, 0.3) is 0 Å². The fourth-order valence-electron chi connectivity index (χ4n) is 1.88. The van der Waals surface area contributed by atoms with Crippen molar-refractivity contribution in [2.75, 3.05) is 46.5 Å². The van der Waals surface area contributed by atoms with Gasteiger partial charge in [-0.15, -0.1) is 0 Å². The SMILES string of the molecule is COP(=O)(OS(=O)(=O)C1CNCCO1)OS(=O)(=O)C1CNCCO1. The Morgan fingerprint density at radius 1 is 0.917 bits per heavy atom. The van der Waals surface area contributed by atoms with Crippen molar-refractivity contribution in [3.63, 3.8) is 0 Å². The largest absolute Gasteiger partial charge is 0.504 e. The smallest absolute Gasteiger partial charge is 0.357 e. The van der Waals surface area contributed by atoms with E-state index in [1.807, 2.05) is 0 Å². The van der Waals surface area contributed by atoms with E-state index in [1.54, 1.807) is 0 Å². The molecule has 0 amide bonds. The van der Waals surface area contributed by atoms with E-state index in [9.17, 15) is 21.4 Å². The van der Waals surface area contributed by atoms with Gasteiger partial charge in [0.25, 0.3) is 0 Å². The second-order valence-corrected chi connectivity index (χ2v) is 10.2. The van der Waals surface area contributed by atoms with Gasteiger partial charge in [-0.3, -0.25) is 4.52 Å². The van der Waals surface area contributed by atoms with Gasteiger partial charge in [0.15, 0.2) is 10.9 Å². The predicted octanol–water partition coefficient (Wildman–Crippen LogP) is -1.67. The maximum atomic E-state index is 12.3. The normalized spacial score (nSPS) is 29.0. The summed E-state index contributed by atoms with van der Waals surface area (Å²) in [6, 6.07) is 0. The standard InChI is InChI=1S/C9H19N2O10PS2/c1-17-22(12,20-23(13,14)8-6-10-2-4-18-8)21-24(15,16)9-7-11-3-5-19-9/h8-11H,2-7H2,1H3. The van der Waals surface area contributed by atoms with E-state index in [-0.39, 0.29) is 26.3 Å². The van der Waals surface area contributed by atoms with Crippen LogP contribution < -0.4 is 10.6 Å². The van der Waals surface area contributed by atoms with Crippen LogP contribution >= 0.6 is 7.82 Å². The molecule has 0 spiro atoms. The molecule has 2 aliphatic heterocycles. The maximum absolute atomic E-state index is 12.3. The summed E-state index contributed by atoms with van der Waals surface area (Å²) in [5.74, 6) is 0. The minimum absolute atomic E-state index is 0.0886. The highest BCUT2D eigenvalue weighted by Crippen LogP contribution is 2.53. The summed E-state index contributed by atoms with van der Waals surface area (Å²) in [5.41, 5.74) is -2.93. The maximum Gasteiger partial charge on any atom is 0.504 e. The summed E-state index contributed by atoms with van der Waals surface area (Å²) < 4.78 is 83.8. The Labute approximate surface area is 140 Å². The van der Waals surface area contributed by atoms with E-state index in [1.165, 1.54) is 0 Å². The Morgan fingerprint density at radius 3 is 1.62 bits per heavy atom. The van der Waals surface area contributed by atoms with E-state index in [4.69, 9.17) is 9.47 Å². The second kappa shape index (κ2) is 8.03. The Hall–Kier alpha value is -0.150. The Bertz CT molecular complexity index is 614. The van der Waals surface area contributed by atoms with Crippen LogP contribution in [0.1, 0.15) is 0 Å². The molecule has 0 aromatic heterocycles. The number of hydrogen-bond acceptors (Lipinski definition) is 12. The van der Waals surface area contributed by atoms with Crippen LogP contribution in [0.5, 0.6) is 0 Å². The van der Waals surface area contributed by atoms with Crippen molar-refractivity contribution in [3.05, 3.63) is 0 Å². The lowest BCUT2D eigenvalue weighted by Crippen LogP contribution is -2.44. The van der Waals surface area contributed by atoms with Crippen molar-refractivity contribution < 1.29 is 43.3 Å². The number of phosphoric acid groups is 1. The van der Waals surface area contributed by atoms with Gasteiger partial charge in [-0.25, -0.2) is 4.57 Å². The van der Waals surface area contributed by atoms with E-state index < -0.39 is 38.9 Å². The molecule has 2 saturated heterocycles. The topological polar surface area (TPSA) is 156 Å². The second-order valence-electron chi connectivity index (χ2n) is 4.77. The van der Waals surface area contributed by atoms with Crippen LogP contribution in [-0.4, -0.2) is 74.2 Å². The summed E-state index contributed by atoms with van der Waals surface area (Å²) in [6.07, 6.45) is 0. The third kappa shape index (κ3) is 5.17. The molecule has 0 bridgehead atoms. The zero-order valence-electron chi connectivity index (χ0n) is 12.7. The average molecular weight is 410 g/mol. The highest BCUT2D eigenvalue weighted by molar-refractivity contribution is 7.94. The van der Waals surface area contributed by atoms with Gasteiger partial charge in [0.05, 0.1) is 13.2 Å². The first-order chi connectivity index (χ1) is 11.2. The highest BCUT2D eigenvalue weighted by atomic mass is 32.2. The quantitative estimate of drug-likeness (QED) is 0.461. The minimum Gasteiger partial charge on any atom is -0.357 e. The van der Waals surface area contributed by atoms with Crippen LogP contribution in [0.2, 0.25) is 0 Å². The summed E-state index contributed by atoms with van der Waals surface area (Å²) in [5, 5.41) is 5.49. The van der Waals surface area contributed by atoms with Crippen LogP contribution in [0, 0.1) is 0 Å². The van der Waals surface area contributed by atoms with Crippen molar-refractivity contribution in [1.29, 1.82) is 0 Å². The van der Waals surface area contributed by atoms with Gasteiger partial charge >= 0.3 is 28.1 Å². The summed E-state index contributed by atoms with van der Waals surface area (Å²) in [4.78, 5) is 0. The molecule has 2 N–H and O–H groups in total. The third-order valence-electron chi connectivity index (χ3n) is 3.05. The number of morpholine rings is 2. The molecule has 2 unspecified atom stereocenters. The van der Waals surface area contributed by atoms with Gasteiger partial charge in [-0.2, -0.15) is 24.8 Å². The van der Waals surface area contributed by atoms with Crippen LogP contribution in [-0.2, 0) is 46.7 Å². The zero-order valence-corrected chi connectivity index (χ0v) is 15.3. The molecule has 2 fully saturated rings. The first kappa shape index (κ1) is 20.2. The number of rotatable bonds is 7. The van der Waals surface area contributed by atoms with E-state index >= 15 is 0 Å². The number of ether oxygens (including phenoxy) is 2. The zero-order chi connectivity index (χ0) is 17.8. The molecular formula is C9H19N2O10PS2. The Kier molecular flexibility index (Phi) is 6.75. The molecular weight excluding hydrogens is 391 g/mol. The third-order valence-corrected chi connectivity index (χ3v) is 8.51. The summed E-state index contributed by atoms with van der Waals surface area (Å²) in [6.45, 7) is 0.815. The molecule has 0 aliphatic carbocycles. The molecule has 2 atom stereocenters. The molecule has 0 aromatic rings. The lowest BCUT2D eigenvalue weighted by atomic mass is 10.5. The van der Waals surface area contributed by atoms with Gasteiger partial charge in [-0.05, 0) is 0 Å². The van der Waals surface area contributed by atoms with Crippen molar-refractivity contribution in [3.8, 4) is 0 Å². The van der Waals surface area contributed by atoms with Gasteiger partial charge in [0.1, 0.15) is 0 Å². The fourth-order valence-corrected chi connectivity index (χ4v) is 6.66. The number of nitrogens with one attached hydrogen (secondary N) is 2. The first-order valence-corrected chi connectivity index (χ1v) is 11.3. The molecule has 12 nitrogen and oxygen atoms in total. The lowest BCUT2D eigenvalue weighted by Gasteiger charge is -2.26. The van der Waals surface area contributed by atoms with Gasteiger partial charge in [-0.1, -0.05) is 0 Å². The minimum atomic E-state index is -4.97. The summed E-state index contributed by atoms with van der Waals surface area (Å²) in [7, 11) is -13.3. The molecule has 0 aromatic carbocycles. The lowest BCUT2D eigenvalue weighted by molar-refractivity contribution is 0.0694. The van der Waals surface area contributed by atoms with Crippen molar-refractivity contribution >= 4 is 28.1 Å². The van der Waals surface area contributed by atoms with Crippen LogP contribution in [0.3, 0.4) is 0 Å². The van der Waals surface area contributed by atoms with Gasteiger partial charge in [0, 0.05) is 33.3 Å². The van der Waals surface area contributed by atoms with E-state index in [0.717, 1.165) is 7.11 Å². The van der Waals surface area contributed by atoms with Gasteiger partial charge in [0.2, 0.25) is 0 Å². The summed E-state index contributed by atoms with van der Waals surface area (Å²) >= 11 is 0. The van der Waals surface area contributed by atoms with Crippen LogP contribution in [0.15, 0.2) is 0 Å². The molecule has 2 heterocycles. The van der Waals surface area contributed by atoms with E-state index in [2.05, 4.69) is 23.1 Å². The highest BCUT2D eigenvalue weighted by Gasteiger charge is 2.45. The molecule has 0 radical (unpaired) electrons. The van der Waals surface area contributed by atoms with Crippen LogP contribution in [0.4, 0.5) is 0 Å². The Balaban J connectivity index is 2.11. The molecule has 142 valence electrons. The van der Waals surface area contributed by atoms with Gasteiger partial charge < -0.3 is 20.1 Å². The predicted molar refractivity (Wildman–Crippen MR) is 79.8 cm³/mol. The molecule has 15 heteroatoms. The molecule has 2 rings (SSSR count). The van der Waals surface area contributed by atoms with Crippen molar-refractivity contribution in [2.45, 2.75) is 10.9 Å². The molecule has 2 aliphatic rings. The van der Waals surface area contributed by atoms with Crippen molar-refractivity contribution in [1.82, 2.24) is 10.6 Å².